The Morgan fingerprint density at radius 2 is 1.85 bits per heavy atom. The van der Waals surface area contributed by atoms with Gasteiger partial charge in [0.25, 0.3) is 0 Å². The van der Waals surface area contributed by atoms with Crippen LogP contribution in [0.3, 0.4) is 0 Å². The molecule has 3 heterocycles. The van der Waals surface area contributed by atoms with E-state index in [2.05, 4.69) is 20.3 Å². The summed E-state index contributed by atoms with van der Waals surface area (Å²) in [6.45, 7) is 1.91. The van der Waals surface area contributed by atoms with Crippen LogP contribution in [0.2, 0.25) is 0 Å². The van der Waals surface area contributed by atoms with Crippen LogP contribution in [-0.4, -0.2) is 20.1 Å². The largest absolute Gasteiger partial charge is 0.505 e. The molecule has 0 saturated heterocycles. The molecule has 0 amide bonds. The summed E-state index contributed by atoms with van der Waals surface area (Å²) in [6.07, 6.45) is 5.24. The van der Waals surface area contributed by atoms with Crippen LogP contribution >= 0.6 is 0 Å². The van der Waals surface area contributed by atoms with Gasteiger partial charge in [0.15, 0.2) is 0 Å². The van der Waals surface area contributed by atoms with E-state index < -0.39 is 0 Å². The van der Waals surface area contributed by atoms with Crippen LogP contribution in [0.15, 0.2) is 73.2 Å². The smallest absolute Gasteiger partial charge is 0.147 e. The van der Waals surface area contributed by atoms with E-state index in [9.17, 15) is 5.11 Å². The maximum absolute atomic E-state index is 10.9. The van der Waals surface area contributed by atoms with E-state index in [4.69, 9.17) is 0 Å². The Kier molecular flexibility index (Phi) is 4.19. The number of nitrogens with one attached hydrogen (secondary N) is 1. The molecule has 0 spiro atoms. The first kappa shape index (κ1) is 16.0. The second-order valence-electron chi connectivity index (χ2n) is 6.11. The van der Waals surface area contributed by atoms with Crippen LogP contribution in [0.4, 0.5) is 5.82 Å². The van der Waals surface area contributed by atoms with E-state index in [1.54, 1.807) is 18.6 Å². The number of aryl methyl sites for hydroxylation is 1. The molecule has 4 rings (SSSR count). The third-order valence-corrected chi connectivity index (χ3v) is 4.29. The van der Waals surface area contributed by atoms with Crippen molar-refractivity contribution in [2.75, 3.05) is 5.32 Å². The van der Waals surface area contributed by atoms with Crippen LogP contribution in [0.5, 0.6) is 5.75 Å². The van der Waals surface area contributed by atoms with Crippen molar-refractivity contribution in [3.8, 4) is 5.75 Å². The van der Waals surface area contributed by atoms with E-state index in [1.165, 1.54) is 0 Å². The average Bonchev–Trinajstić information content (AvgIpc) is 2.69. The SMILES string of the molecule is Cc1ccc2ccc([C@H](Nc3ccccn3)c3cccnc3)c(O)c2n1. The molecule has 0 aliphatic heterocycles. The lowest BCUT2D eigenvalue weighted by Crippen LogP contribution is -2.14. The van der Waals surface area contributed by atoms with E-state index >= 15 is 0 Å². The second kappa shape index (κ2) is 6.80. The standard InChI is InChI=1S/C21H18N4O/c1-14-7-8-15-9-10-17(21(26)20(15)24-14)19(16-5-4-11-22-13-16)25-18-6-2-3-12-23-18/h2-13,19,26H,1H3,(H,23,25)/t19-/m1/s1. The van der Waals surface area contributed by atoms with Crippen molar-refractivity contribution in [2.24, 2.45) is 0 Å². The number of phenols is 1. The zero-order valence-corrected chi connectivity index (χ0v) is 14.3. The molecule has 0 aliphatic carbocycles. The quantitative estimate of drug-likeness (QED) is 0.580. The highest BCUT2D eigenvalue weighted by Gasteiger charge is 2.20. The van der Waals surface area contributed by atoms with Crippen molar-refractivity contribution in [1.29, 1.82) is 0 Å². The van der Waals surface area contributed by atoms with Gasteiger partial charge in [-0.3, -0.25) is 4.98 Å². The lowest BCUT2D eigenvalue weighted by atomic mass is 9.97. The van der Waals surface area contributed by atoms with Gasteiger partial charge in [-0.15, -0.1) is 0 Å². The third kappa shape index (κ3) is 3.07. The highest BCUT2D eigenvalue weighted by atomic mass is 16.3. The summed E-state index contributed by atoms with van der Waals surface area (Å²) >= 11 is 0. The molecule has 0 unspecified atom stereocenters. The topological polar surface area (TPSA) is 70.9 Å². The van der Waals surface area contributed by atoms with Gasteiger partial charge in [-0.25, -0.2) is 9.97 Å². The number of nitrogens with zero attached hydrogens (tertiary/aromatic N) is 3. The van der Waals surface area contributed by atoms with Gasteiger partial charge in [-0.1, -0.05) is 30.3 Å². The van der Waals surface area contributed by atoms with Gasteiger partial charge in [-0.05, 0) is 36.8 Å². The number of benzene rings is 1. The van der Waals surface area contributed by atoms with E-state index in [0.717, 1.165) is 28.0 Å². The minimum atomic E-state index is -0.301. The van der Waals surface area contributed by atoms with Gasteiger partial charge in [0.2, 0.25) is 0 Å². The monoisotopic (exact) mass is 342 g/mol. The molecule has 0 fully saturated rings. The van der Waals surface area contributed by atoms with Crippen molar-refractivity contribution >= 4 is 16.7 Å². The Morgan fingerprint density at radius 1 is 0.962 bits per heavy atom. The fourth-order valence-corrected chi connectivity index (χ4v) is 3.00. The van der Waals surface area contributed by atoms with Crippen molar-refractivity contribution in [1.82, 2.24) is 15.0 Å². The fraction of sp³-hybridized carbons (Fsp3) is 0.0952. The summed E-state index contributed by atoms with van der Waals surface area (Å²) in [6, 6.07) is 17.0. The minimum Gasteiger partial charge on any atom is -0.505 e. The summed E-state index contributed by atoms with van der Waals surface area (Å²) in [5.41, 5.74) is 3.12. The molecule has 0 bridgehead atoms. The van der Waals surface area contributed by atoms with Crippen LogP contribution in [0.25, 0.3) is 10.9 Å². The van der Waals surface area contributed by atoms with Crippen LogP contribution in [0, 0.1) is 6.92 Å². The molecule has 1 atom stereocenters. The predicted molar refractivity (Wildman–Crippen MR) is 102 cm³/mol. The number of aromatic nitrogens is 3. The number of rotatable bonds is 4. The van der Waals surface area contributed by atoms with Crippen molar-refractivity contribution in [3.63, 3.8) is 0 Å². The Bertz CT molecular complexity index is 1040. The van der Waals surface area contributed by atoms with Crippen molar-refractivity contribution in [3.05, 3.63) is 90.0 Å². The molecule has 2 N–H and O–H groups in total. The molecule has 1 aromatic carbocycles. The number of pyridine rings is 3. The first-order chi connectivity index (χ1) is 12.7. The van der Waals surface area contributed by atoms with Crippen LogP contribution in [0.1, 0.15) is 22.9 Å². The molecule has 0 aliphatic rings. The highest BCUT2D eigenvalue weighted by molar-refractivity contribution is 5.86. The number of phenolic OH excluding ortho intramolecular Hbond substituents is 1. The molecule has 0 saturated carbocycles. The third-order valence-electron chi connectivity index (χ3n) is 4.29. The summed E-state index contributed by atoms with van der Waals surface area (Å²) < 4.78 is 0. The maximum Gasteiger partial charge on any atom is 0.147 e. The Balaban J connectivity index is 1.86. The lowest BCUT2D eigenvalue weighted by molar-refractivity contribution is 0.471. The Labute approximate surface area is 151 Å². The number of fused-ring (bicyclic) bond motifs is 1. The number of hydrogen-bond donors (Lipinski definition) is 2. The molecule has 3 aromatic heterocycles. The zero-order valence-electron chi connectivity index (χ0n) is 14.3. The van der Waals surface area contributed by atoms with Gasteiger partial charge in [-0.2, -0.15) is 0 Å². The van der Waals surface area contributed by atoms with Gasteiger partial charge >= 0.3 is 0 Å². The molecule has 4 aromatic rings. The zero-order chi connectivity index (χ0) is 17.9. The number of aromatic hydroxyl groups is 1. The highest BCUT2D eigenvalue weighted by Crippen LogP contribution is 2.36. The summed E-state index contributed by atoms with van der Waals surface area (Å²) in [5, 5.41) is 15.2. The van der Waals surface area contributed by atoms with Crippen molar-refractivity contribution < 1.29 is 5.11 Å². The van der Waals surface area contributed by atoms with Gasteiger partial charge in [0, 0.05) is 35.2 Å². The van der Waals surface area contributed by atoms with E-state index in [1.807, 2.05) is 61.5 Å². The number of anilines is 1. The average molecular weight is 342 g/mol. The molecular weight excluding hydrogens is 324 g/mol. The predicted octanol–water partition coefficient (Wildman–Crippen LogP) is 4.24. The molecule has 5 heteroatoms. The second-order valence-corrected chi connectivity index (χ2v) is 6.11. The molecular formula is C21H18N4O. The molecule has 26 heavy (non-hydrogen) atoms. The van der Waals surface area contributed by atoms with Gasteiger partial charge in [0.05, 0.1) is 6.04 Å². The minimum absolute atomic E-state index is 0.170. The Hall–Kier alpha value is -3.47. The van der Waals surface area contributed by atoms with Crippen molar-refractivity contribution in [2.45, 2.75) is 13.0 Å². The maximum atomic E-state index is 10.9. The molecule has 128 valence electrons. The fourth-order valence-electron chi connectivity index (χ4n) is 3.00. The Morgan fingerprint density at radius 3 is 2.62 bits per heavy atom. The number of hydrogen-bond acceptors (Lipinski definition) is 5. The van der Waals surface area contributed by atoms with E-state index in [-0.39, 0.29) is 11.8 Å². The first-order valence-corrected chi connectivity index (χ1v) is 8.39. The summed E-state index contributed by atoms with van der Waals surface area (Å²) in [4.78, 5) is 13.1. The van der Waals surface area contributed by atoms with E-state index in [0.29, 0.717) is 5.52 Å². The normalized spacial score (nSPS) is 12.0. The van der Waals surface area contributed by atoms with Gasteiger partial charge < -0.3 is 10.4 Å². The van der Waals surface area contributed by atoms with Crippen LogP contribution < -0.4 is 5.32 Å². The summed E-state index contributed by atoms with van der Waals surface area (Å²) in [5.74, 6) is 0.890. The van der Waals surface area contributed by atoms with Crippen LogP contribution in [-0.2, 0) is 0 Å². The van der Waals surface area contributed by atoms with Gasteiger partial charge in [0.1, 0.15) is 17.1 Å². The molecule has 0 radical (unpaired) electrons. The first-order valence-electron chi connectivity index (χ1n) is 8.39. The lowest BCUT2D eigenvalue weighted by Gasteiger charge is -2.21. The summed E-state index contributed by atoms with van der Waals surface area (Å²) in [7, 11) is 0. The molecule has 5 nitrogen and oxygen atoms in total.